The van der Waals surface area contributed by atoms with Crippen molar-refractivity contribution >= 4 is 11.9 Å². The zero-order chi connectivity index (χ0) is 35.2. The van der Waals surface area contributed by atoms with E-state index in [1.54, 1.807) is 46.0 Å². The summed E-state index contributed by atoms with van der Waals surface area (Å²) < 4.78 is 8.31. The van der Waals surface area contributed by atoms with Crippen molar-refractivity contribution in [3.63, 3.8) is 0 Å². The number of ether oxygens (including phenoxy) is 1. The number of hydrogen-bond acceptors (Lipinski definition) is 9. The largest absolute Gasteiger partial charge is 0.478 e. The number of esters is 1. The number of hydrogen-bond donors (Lipinski definition) is 1. The molecule has 0 aliphatic heterocycles. The first kappa shape index (κ1) is 34.3. The van der Waals surface area contributed by atoms with Crippen LogP contribution in [0.1, 0.15) is 83.0 Å². The van der Waals surface area contributed by atoms with Crippen molar-refractivity contribution in [1.29, 1.82) is 0 Å². The lowest BCUT2D eigenvalue weighted by atomic mass is 10.0. The Morgan fingerprint density at radius 1 is 0.653 bits per heavy atom. The maximum atomic E-state index is 12.1. The quantitative estimate of drug-likeness (QED) is 0.169. The number of nitrogens with zero attached hydrogens (tertiary/aromatic N) is 8. The van der Waals surface area contributed by atoms with E-state index in [0.29, 0.717) is 11.3 Å². The van der Waals surface area contributed by atoms with Crippen LogP contribution >= 0.6 is 0 Å². The smallest absolute Gasteiger partial charge is 0.337 e. The van der Waals surface area contributed by atoms with E-state index >= 15 is 0 Å². The molecule has 0 atom stereocenters. The molecule has 12 nitrogen and oxygen atoms in total. The number of benzene rings is 2. The molecule has 6 aromatic rings. The highest BCUT2D eigenvalue weighted by molar-refractivity contribution is 5.92. The average molecular weight is 659 g/mol. The van der Waals surface area contributed by atoms with Gasteiger partial charge in [-0.25, -0.2) is 28.9 Å². The molecule has 0 aliphatic carbocycles. The van der Waals surface area contributed by atoms with Crippen molar-refractivity contribution in [2.75, 3.05) is 7.11 Å². The second kappa shape index (κ2) is 14.8. The lowest BCUT2D eigenvalue weighted by Gasteiger charge is -2.12. The van der Waals surface area contributed by atoms with Gasteiger partial charge in [-0.2, -0.15) is 10.2 Å². The second-order valence-electron chi connectivity index (χ2n) is 12.1. The van der Waals surface area contributed by atoms with Gasteiger partial charge in [0.1, 0.15) is 24.3 Å². The first-order valence-corrected chi connectivity index (χ1v) is 15.7. The number of carbonyl (C=O) groups excluding carboxylic acids is 1. The minimum atomic E-state index is -0.989. The third kappa shape index (κ3) is 7.92. The molecule has 1 N–H and O–H groups in total. The van der Waals surface area contributed by atoms with Crippen LogP contribution in [-0.4, -0.2) is 63.7 Å². The van der Waals surface area contributed by atoms with Crippen molar-refractivity contribution in [2.24, 2.45) is 0 Å². The number of carboxylic acid groups (broad SMARTS) is 1. The number of methoxy groups -OCH3 is 1. The summed E-state index contributed by atoms with van der Waals surface area (Å²) in [5.74, 6) is 0.579. The first-order valence-electron chi connectivity index (χ1n) is 15.7. The Hall–Kier alpha value is -6.04. The van der Waals surface area contributed by atoms with Crippen LogP contribution in [-0.2, 0) is 4.74 Å². The molecule has 0 spiro atoms. The fourth-order valence-electron chi connectivity index (χ4n) is 5.09. The van der Waals surface area contributed by atoms with Gasteiger partial charge < -0.3 is 9.84 Å². The predicted molar refractivity (Wildman–Crippen MR) is 185 cm³/mol. The molecule has 6 rings (SSSR count). The number of rotatable bonds is 8. The number of carboxylic acids is 1. The van der Waals surface area contributed by atoms with Crippen molar-refractivity contribution in [3.05, 3.63) is 120 Å². The highest BCUT2D eigenvalue weighted by atomic mass is 16.5. The molecule has 0 saturated heterocycles. The SMILES string of the molecule is COC(=O)c1cc(-c2ccc(C)cn2)cc(-n2ncnc2C(C)C)c1.Cc1ccc(-c2cc(C(=O)O)cc(-n3ncnc3C(C)C)c2)nc1. The number of pyridine rings is 2. The Labute approximate surface area is 284 Å². The van der Waals surface area contributed by atoms with Gasteiger partial charge in [-0.3, -0.25) is 9.97 Å². The summed E-state index contributed by atoms with van der Waals surface area (Å²) >= 11 is 0. The molecule has 0 aliphatic rings. The molecule has 250 valence electrons. The summed E-state index contributed by atoms with van der Waals surface area (Å²) in [6, 6.07) is 18.3. The normalized spacial score (nSPS) is 11.0. The maximum absolute atomic E-state index is 12.1. The molecule has 2 aromatic carbocycles. The van der Waals surface area contributed by atoms with Gasteiger partial charge in [-0.05, 0) is 73.5 Å². The Morgan fingerprint density at radius 2 is 1.10 bits per heavy atom. The van der Waals surface area contributed by atoms with E-state index in [0.717, 1.165) is 51.0 Å². The van der Waals surface area contributed by atoms with Gasteiger partial charge in [0.25, 0.3) is 0 Å². The Balaban J connectivity index is 0.000000191. The van der Waals surface area contributed by atoms with Gasteiger partial charge in [0.05, 0.1) is 41.0 Å². The second-order valence-corrected chi connectivity index (χ2v) is 12.1. The standard InChI is InChI=1S/C19H20N4O2.C18H18N4O2/c1-12(2)18-21-11-22-23(18)16-8-14(7-15(9-16)19(24)25-4)17-6-5-13(3)10-20-17;1-11(2)17-20-10-21-22(17)15-7-13(6-14(8-15)18(23)24)16-5-4-12(3)9-19-16/h5-12H,1-4H3;4-11H,1-3H3,(H,23,24). The van der Waals surface area contributed by atoms with Gasteiger partial charge in [-0.15, -0.1) is 0 Å². The number of aromatic carboxylic acids is 1. The summed E-state index contributed by atoms with van der Waals surface area (Å²) in [6.07, 6.45) is 6.56. The third-order valence-corrected chi connectivity index (χ3v) is 7.59. The van der Waals surface area contributed by atoms with Crippen molar-refractivity contribution < 1.29 is 19.4 Å². The van der Waals surface area contributed by atoms with E-state index in [4.69, 9.17) is 4.74 Å². The minimum absolute atomic E-state index is 0.168. The van der Waals surface area contributed by atoms with E-state index < -0.39 is 11.9 Å². The van der Waals surface area contributed by atoms with Gasteiger partial charge in [0.2, 0.25) is 0 Å². The van der Waals surface area contributed by atoms with Crippen LogP contribution in [0.5, 0.6) is 0 Å². The van der Waals surface area contributed by atoms with Crippen LogP contribution in [0.15, 0.2) is 85.7 Å². The first-order chi connectivity index (χ1) is 23.4. The minimum Gasteiger partial charge on any atom is -0.478 e. The lowest BCUT2D eigenvalue weighted by Crippen LogP contribution is -2.08. The number of carbonyl (C=O) groups is 2. The molecule has 49 heavy (non-hydrogen) atoms. The van der Waals surface area contributed by atoms with Crippen LogP contribution in [0.25, 0.3) is 33.9 Å². The molecule has 4 heterocycles. The third-order valence-electron chi connectivity index (χ3n) is 7.59. The summed E-state index contributed by atoms with van der Waals surface area (Å²) in [7, 11) is 1.37. The van der Waals surface area contributed by atoms with Crippen LogP contribution in [0, 0.1) is 13.8 Å². The van der Waals surface area contributed by atoms with Crippen LogP contribution in [0.3, 0.4) is 0 Å². The fourth-order valence-corrected chi connectivity index (χ4v) is 5.09. The molecule has 0 fully saturated rings. The van der Waals surface area contributed by atoms with Crippen LogP contribution in [0.2, 0.25) is 0 Å². The summed E-state index contributed by atoms with van der Waals surface area (Å²) in [5.41, 5.74) is 7.23. The Bertz CT molecular complexity index is 2080. The average Bonchev–Trinajstić information content (AvgIpc) is 3.80. The molecule has 4 aromatic heterocycles. The molecule has 0 radical (unpaired) electrons. The van der Waals surface area contributed by atoms with E-state index in [9.17, 15) is 14.7 Å². The highest BCUT2D eigenvalue weighted by Crippen LogP contribution is 2.27. The van der Waals surface area contributed by atoms with Crippen LogP contribution in [0.4, 0.5) is 0 Å². The van der Waals surface area contributed by atoms with E-state index in [2.05, 4.69) is 30.1 Å². The van der Waals surface area contributed by atoms with Crippen molar-refractivity contribution in [2.45, 2.75) is 53.4 Å². The predicted octanol–water partition coefficient (Wildman–Crippen LogP) is 7.01. The molecule has 0 bridgehead atoms. The zero-order valence-electron chi connectivity index (χ0n) is 28.5. The van der Waals surface area contributed by atoms with E-state index in [1.165, 1.54) is 19.8 Å². The number of aromatic nitrogens is 8. The van der Waals surface area contributed by atoms with Gasteiger partial charge in [0.15, 0.2) is 0 Å². The van der Waals surface area contributed by atoms with Gasteiger partial charge in [0, 0.05) is 35.4 Å². The highest BCUT2D eigenvalue weighted by Gasteiger charge is 2.17. The van der Waals surface area contributed by atoms with E-state index in [1.807, 2.05) is 77.9 Å². The monoisotopic (exact) mass is 658 g/mol. The van der Waals surface area contributed by atoms with E-state index in [-0.39, 0.29) is 17.4 Å². The van der Waals surface area contributed by atoms with Gasteiger partial charge in [-0.1, -0.05) is 39.8 Å². The molecule has 0 unspecified atom stereocenters. The summed E-state index contributed by atoms with van der Waals surface area (Å²) in [4.78, 5) is 41.1. The molecular formula is C37H38N8O4. The van der Waals surface area contributed by atoms with Crippen molar-refractivity contribution in [3.8, 4) is 33.9 Å². The summed E-state index contributed by atoms with van der Waals surface area (Å²) in [6.45, 7) is 12.1. The Kier molecular flexibility index (Phi) is 10.4. The number of aryl methyl sites for hydroxylation is 2. The van der Waals surface area contributed by atoms with Crippen LogP contribution < -0.4 is 0 Å². The fraction of sp³-hybridized carbons (Fsp3) is 0.243. The van der Waals surface area contributed by atoms with Gasteiger partial charge >= 0.3 is 11.9 Å². The Morgan fingerprint density at radius 3 is 1.49 bits per heavy atom. The lowest BCUT2D eigenvalue weighted by molar-refractivity contribution is 0.0599. The van der Waals surface area contributed by atoms with Crippen molar-refractivity contribution in [1.82, 2.24) is 39.5 Å². The molecule has 0 amide bonds. The molecule has 12 heteroatoms. The zero-order valence-corrected chi connectivity index (χ0v) is 28.5. The summed E-state index contributed by atoms with van der Waals surface area (Å²) in [5, 5.41) is 18.0. The molecule has 0 saturated carbocycles. The molecular weight excluding hydrogens is 620 g/mol. The topological polar surface area (TPSA) is 151 Å². The maximum Gasteiger partial charge on any atom is 0.337 e.